The molecule has 1 aliphatic heterocycles. The zero-order valence-electron chi connectivity index (χ0n) is 11.5. The molecule has 0 saturated carbocycles. The van der Waals surface area contributed by atoms with Crippen LogP contribution in [0.25, 0.3) is 0 Å². The zero-order chi connectivity index (χ0) is 16.1. The Bertz CT molecular complexity index is 601. The number of ether oxygens (including phenoxy) is 1. The second-order valence-corrected chi connectivity index (χ2v) is 4.69. The van der Waals surface area contributed by atoms with Gasteiger partial charge in [0.1, 0.15) is 19.2 Å². The van der Waals surface area contributed by atoms with Gasteiger partial charge in [0.15, 0.2) is 0 Å². The lowest BCUT2D eigenvalue weighted by molar-refractivity contribution is -0.139. The molecule has 1 aromatic carbocycles. The second-order valence-electron chi connectivity index (χ2n) is 4.69. The maximum absolute atomic E-state index is 12.0. The third kappa shape index (κ3) is 3.81. The Morgan fingerprint density at radius 2 is 1.95 bits per heavy atom. The third-order valence-electron chi connectivity index (χ3n) is 3.07. The first-order valence-electron chi connectivity index (χ1n) is 6.50. The van der Waals surface area contributed by atoms with Gasteiger partial charge in [-0.25, -0.2) is 4.79 Å². The standard InChI is InChI=1S/C14H14N2O6/c17-11-6-10(13(20)15-11)16(7-12(18)19)14(21)22-8-9-4-2-1-3-5-9/h1-5,10H,6-8H2,(H,18,19)(H,15,17,20). The smallest absolute Gasteiger partial charge is 0.411 e. The Morgan fingerprint density at radius 1 is 1.27 bits per heavy atom. The second kappa shape index (κ2) is 6.70. The summed E-state index contributed by atoms with van der Waals surface area (Å²) in [5, 5.41) is 10.9. The number of nitrogens with zero attached hydrogens (tertiary/aromatic N) is 1. The number of hydrogen-bond acceptors (Lipinski definition) is 5. The monoisotopic (exact) mass is 306 g/mol. The Hall–Kier alpha value is -2.90. The molecule has 22 heavy (non-hydrogen) atoms. The number of hydrogen-bond donors (Lipinski definition) is 2. The van der Waals surface area contributed by atoms with Crippen molar-refractivity contribution in [1.29, 1.82) is 0 Å². The van der Waals surface area contributed by atoms with E-state index >= 15 is 0 Å². The fourth-order valence-electron chi connectivity index (χ4n) is 2.04. The number of amides is 3. The Morgan fingerprint density at radius 3 is 2.50 bits per heavy atom. The molecule has 1 saturated heterocycles. The van der Waals surface area contributed by atoms with Gasteiger partial charge in [-0.1, -0.05) is 30.3 Å². The number of aliphatic carboxylic acids is 1. The third-order valence-corrected chi connectivity index (χ3v) is 3.07. The maximum atomic E-state index is 12.0. The van der Waals surface area contributed by atoms with E-state index in [0.717, 1.165) is 10.5 Å². The number of nitrogens with one attached hydrogen (secondary N) is 1. The van der Waals surface area contributed by atoms with E-state index in [-0.39, 0.29) is 13.0 Å². The van der Waals surface area contributed by atoms with Crippen molar-refractivity contribution < 1.29 is 29.0 Å². The Labute approximate surface area is 125 Å². The molecule has 0 bridgehead atoms. The highest BCUT2D eigenvalue weighted by Gasteiger charge is 2.39. The van der Waals surface area contributed by atoms with E-state index in [1.807, 2.05) is 5.32 Å². The van der Waals surface area contributed by atoms with Gasteiger partial charge >= 0.3 is 12.1 Å². The van der Waals surface area contributed by atoms with Gasteiger partial charge in [-0.3, -0.25) is 24.6 Å². The van der Waals surface area contributed by atoms with E-state index in [4.69, 9.17) is 9.84 Å². The molecular weight excluding hydrogens is 292 g/mol. The summed E-state index contributed by atoms with van der Waals surface area (Å²) in [6.45, 7) is -0.781. The molecule has 0 aromatic heterocycles. The fourth-order valence-corrected chi connectivity index (χ4v) is 2.04. The van der Waals surface area contributed by atoms with Crippen LogP contribution in [0.5, 0.6) is 0 Å². The lowest BCUT2D eigenvalue weighted by Gasteiger charge is -2.24. The van der Waals surface area contributed by atoms with Gasteiger partial charge in [-0.2, -0.15) is 0 Å². The van der Waals surface area contributed by atoms with Gasteiger partial charge in [0.25, 0.3) is 0 Å². The van der Waals surface area contributed by atoms with Crippen LogP contribution in [-0.2, 0) is 25.7 Å². The van der Waals surface area contributed by atoms with Gasteiger partial charge in [-0.05, 0) is 5.56 Å². The minimum atomic E-state index is -1.30. The summed E-state index contributed by atoms with van der Waals surface area (Å²) in [5.41, 5.74) is 0.720. The number of rotatable bonds is 5. The number of carboxylic acids is 1. The molecule has 1 atom stereocenters. The molecule has 1 aliphatic rings. The highest BCUT2D eigenvalue weighted by Crippen LogP contribution is 2.13. The highest BCUT2D eigenvalue weighted by molar-refractivity contribution is 6.06. The molecule has 2 N–H and O–H groups in total. The predicted molar refractivity (Wildman–Crippen MR) is 72.5 cm³/mol. The van der Waals surface area contributed by atoms with Gasteiger partial charge in [0.2, 0.25) is 11.8 Å². The van der Waals surface area contributed by atoms with E-state index in [2.05, 4.69) is 0 Å². The van der Waals surface area contributed by atoms with Crippen molar-refractivity contribution in [1.82, 2.24) is 10.2 Å². The molecule has 1 aromatic rings. The van der Waals surface area contributed by atoms with Crippen LogP contribution in [-0.4, -0.2) is 46.5 Å². The van der Waals surface area contributed by atoms with Crippen LogP contribution < -0.4 is 5.32 Å². The van der Waals surface area contributed by atoms with Crippen molar-refractivity contribution in [2.24, 2.45) is 0 Å². The number of carboxylic acid groups (broad SMARTS) is 1. The summed E-state index contributed by atoms with van der Waals surface area (Å²) >= 11 is 0. The van der Waals surface area contributed by atoms with Crippen molar-refractivity contribution in [3.8, 4) is 0 Å². The topological polar surface area (TPSA) is 113 Å². The first-order valence-corrected chi connectivity index (χ1v) is 6.50. The number of benzene rings is 1. The quantitative estimate of drug-likeness (QED) is 0.747. The molecule has 2 rings (SSSR count). The van der Waals surface area contributed by atoms with Crippen molar-refractivity contribution >= 4 is 23.9 Å². The lowest BCUT2D eigenvalue weighted by atomic mass is 10.2. The van der Waals surface area contributed by atoms with E-state index in [0.29, 0.717) is 0 Å². The fraction of sp³-hybridized carbons (Fsp3) is 0.286. The van der Waals surface area contributed by atoms with Crippen LogP contribution in [0.15, 0.2) is 30.3 Å². The van der Waals surface area contributed by atoms with Gasteiger partial charge in [0.05, 0.1) is 6.42 Å². The summed E-state index contributed by atoms with van der Waals surface area (Å²) in [5.74, 6) is -2.56. The van der Waals surface area contributed by atoms with Crippen molar-refractivity contribution in [2.45, 2.75) is 19.1 Å². The molecule has 116 valence electrons. The molecule has 0 spiro atoms. The molecule has 8 heteroatoms. The summed E-state index contributed by atoms with van der Waals surface area (Å²) < 4.78 is 5.02. The average molecular weight is 306 g/mol. The van der Waals surface area contributed by atoms with Crippen molar-refractivity contribution in [3.05, 3.63) is 35.9 Å². The molecule has 0 aliphatic carbocycles. The largest absolute Gasteiger partial charge is 0.480 e. The van der Waals surface area contributed by atoms with Crippen LogP contribution in [0.4, 0.5) is 4.79 Å². The van der Waals surface area contributed by atoms with E-state index in [9.17, 15) is 19.2 Å². The zero-order valence-corrected chi connectivity index (χ0v) is 11.5. The number of carbonyl (C=O) groups is 4. The molecule has 1 fully saturated rings. The number of carbonyl (C=O) groups excluding carboxylic acids is 3. The molecule has 1 heterocycles. The predicted octanol–water partition coefficient (Wildman–Crippen LogP) is 0.125. The average Bonchev–Trinajstić information content (AvgIpc) is 2.81. The van der Waals surface area contributed by atoms with Crippen LogP contribution in [0, 0.1) is 0 Å². The Balaban J connectivity index is 2.04. The van der Waals surface area contributed by atoms with Crippen LogP contribution in [0.1, 0.15) is 12.0 Å². The van der Waals surface area contributed by atoms with Crippen LogP contribution >= 0.6 is 0 Å². The van der Waals surface area contributed by atoms with Crippen molar-refractivity contribution in [2.75, 3.05) is 6.54 Å². The molecule has 0 radical (unpaired) electrons. The van der Waals surface area contributed by atoms with Gasteiger partial charge < -0.3 is 9.84 Å². The van der Waals surface area contributed by atoms with E-state index in [1.165, 1.54) is 0 Å². The minimum Gasteiger partial charge on any atom is -0.480 e. The summed E-state index contributed by atoms with van der Waals surface area (Å²) in [4.78, 5) is 46.5. The van der Waals surface area contributed by atoms with Gasteiger partial charge in [-0.15, -0.1) is 0 Å². The Kier molecular flexibility index (Phi) is 4.72. The van der Waals surface area contributed by atoms with Crippen molar-refractivity contribution in [3.63, 3.8) is 0 Å². The first-order chi connectivity index (χ1) is 10.5. The molecular formula is C14H14N2O6. The summed E-state index contributed by atoms with van der Waals surface area (Å²) in [7, 11) is 0. The maximum Gasteiger partial charge on any atom is 0.411 e. The molecule has 1 unspecified atom stereocenters. The summed E-state index contributed by atoms with van der Waals surface area (Å²) in [6.07, 6.45) is -1.23. The normalized spacial score (nSPS) is 17.0. The highest BCUT2D eigenvalue weighted by atomic mass is 16.6. The van der Waals surface area contributed by atoms with E-state index < -0.39 is 36.5 Å². The van der Waals surface area contributed by atoms with E-state index in [1.54, 1.807) is 30.3 Å². The number of imide groups is 1. The molecule has 3 amide bonds. The van der Waals surface area contributed by atoms with Crippen LogP contribution in [0.2, 0.25) is 0 Å². The summed E-state index contributed by atoms with van der Waals surface area (Å²) in [6, 6.07) is 7.65. The SMILES string of the molecule is O=C(O)CN(C(=O)OCc1ccccc1)C1CC(=O)NC1=O. The van der Waals surface area contributed by atoms with Crippen LogP contribution in [0.3, 0.4) is 0 Å². The lowest BCUT2D eigenvalue weighted by Crippen LogP contribution is -2.47. The minimum absolute atomic E-state index is 0.0575. The van der Waals surface area contributed by atoms with Gasteiger partial charge in [0, 0.05) is 0 Å². The first kappa shape index (κ1) is 15.5. The molecule has 8 nitrogen and oxygen atoms in total.